The van der Waals surface area contributed by atoms with Gasteiger partial charge in [0.05, 0.1) is 0 Å². The molecular weight excluding hydrogens is 238 g/mol. The van der Waals surface area contributed by atoms with Gasteiger partial charge in [0.2, 0.25) is 0 Å². The van der Waals surface area contributed by atoms with E-state index in [2.05, 4.69) is 4.99 Å². The van der Waals surface area contributed by atoms with Crippen LogP contribution in [0.2, 0.25) is 0 Å². The molecule has 1 aromatic carbocycles. The van der Waals surface area contributed by atoms with Gasteiger partial charge in [0.25, 0.3) is 0 Å². The Balaban J connectivity index is 2.23. The minimum absolute atomic E-state index is 0.825. The molecule has 4 heteroatoms. The number of hydrogen-bond acceptors (Lipinski definition) is 4. The molecule has 1 aliphatic heterocycles. The fourth-order valence-corrected chi connectivity index (χ4v) is 3.16. The Labute approximate surface area is 102 Å². The molecule has 0 spiro atoms. The normalized spacial score (nSPS) is 13.2. The van der Waals surface area contributed by atoms with Crippen LogP contribution in [0, 0.1) is 0 Å². The number of fused-ring (bicyclic) bond motifs is 2. The minimum Gasteiger partial charge on any atom is -0.453 e. The van der Waals surface area contributed by atoms with Crippen molar-refractivity contribution < 1.29 is 4.74 Å². The van der Waals surface area contributed by atoms with Gasteiger partial charge in [-0.2, -0.15) is 0 Å². The topological polar surface area (TPSA) is 21.6 Å². The number of nitrogens with zero attached hydrogens (tertiary/aromatic N) is 1. The summed E-state index contributed by atoms with van der Waals surface area (Å²) in [5.74, 6) is 1.73. The second-order valence-corrected chi connectivity index (χ2v) is 5.02. The Bertz CT molecular complexity index is 560. The van der Waals surface area contributed by atoms with Crippen molar-refractivity contribution in [1.82, 2.24) is 0 Å². The Hall–Kier alpha value is -1.26. The first-order chi connectivity index (χ1) is 7.88. The van der Waals surface area contributed by atoms with Gasteiger partial charge in [-0.05, 0) is 29.8 Å². The maximum Gasteiger partial charge on any atom is 0.153 e. The number of para-hydroxylation sites is 2. The van der Waals surface area contributed by atoms with Crippen molar-refractivity contribution in [1.29, 1.82) is 0 Å². The lowest BCUT2D eigenvalue weighted by atomic mass is 10.3. The van der Waals surface area contributed by atoms with Crippen molar-refractivity contribution >= 4 is 33.8 Å². The Morgan fingerprint density at radius 1 is 1.19 bits per heavy atom. The molecule has 2 heterocycles. The Morgan fingerprint density at radius 2 is 2.06 bits per heavy atom. The second-order valence-electron chi connectivity index (χ2n) is 3.30. The number of hydrogen-bond donors (Lipinski definition) is 0. The molecule has 0 atom stereocenters. The second kappa shape index (κ2) is 3.96. The summed E-state index contributed by atoms with van der Waals surface area (Å²) in [5, 5.41) is 3.06. The zero-order valence-electron chi connectivity index (χ0n) is 8.64. The molecule has 0 unspecified atom stereocenters. The lowest BCUT2D eigenvalue weighted by Crippen LogP contribution is -1.90. The summed E-state index contributed by atoms with van der Waals surface area (Å²) in [5.41, 5.74) is 0.898. The van der Waals surface area contributed by atoms with Crippen molar-refractivity contribution in [2.75, 3.05) is 6.26 Å². The fourth-order valence-electron chi connectivity index (χ4n) is 1.59. The van der Waals surface area contributed by atoms with Gasteiger partial charge in [-0.3, -0.25) is 0 Å². The smallest absolute Gasteiger partial charge is 0.153 e. The summed E-state index contributed by atoms with van der Waals surface area (Å²) >= 11 is 3.32. The highest BCUT2D eigenvalue weighted by molar-refractivity contribution is 8.14. The summed E-state index contributed by atoms with van der Waals surface area (Å²) in [7, 11) is 0. The number of aliphatic imine (C=N–C) groups is 1. The average Bonchev–Trinajstić information content (AvgIpc) is 2.70. The van der Waals surface area contributed by atoms with E-state index in [1.807, 2.05) is 42.0 Å². The van der Waals surface area contributed by atoms with Crippen molar-refractivity contribution in [2.45, 2.75) is 0 Å². The zero-order valence-corrected chi connectivity index (χ0v) is 10.3. The van der Waals surface area contributed by atoms with E-state index in [1.165, 1.54) is 0 Å². The molecule has 0 radical (unpaired) electrons. The first-order valence-electron chi connectivity index (χ1n) is 4.86. The van der Waals surface area contributed by atoms with Crippen molar-refractivity contribution in [2.24, 2.45) is 4.99 Å². The van der Waals surface area contributed by atoms with Crippen molar-refractivity contribution in [3.8, 4) is 11.5 Å². The fraction of sp³-hybridized carbons (Fsp3) is 0.0833. The SMILES string of the molecule is CSC1=Nc2ccccc2Oc2ccsc21. The molecule has 16 heavy (non-hydrogen) atoms. The molecule has 0 bridgehead atoms. The van der Waals surface area contributed by atoms with Crippen LogP contribution in [0.4, 0.5) is 5.69 Å². The number of thiophene rings is 1. The van der Waals surface area contributed by atoms with Crippen molar-refractivity contribution in [3.63, 3.8) is 0 Å². The van der Waals surface area contributed by atoms with Gasteiger partial charge in [-0.1, -0.05) is 12.1 Å². The minimum atomic E-state index is 0.825. The number of ether oxygens (including phenoxy) is 1. The predicted molar refractivity (Wildman–Crippen MR) is 70.5 cm³/mol. The van der Waals surface area contributed by atoms with Gasteiger partial charge in [-0.15, -0.1) is 23.1 Å². The average molecular weight is 247 g/mol. The summed E-state index contributed by atoms with van der Waals surface area (Å²) in [6.45, 7) is 0. The first kappa shape index (κ1) is 9.93. The van der Waals surface area contributed by atoms with Gasteiger partial charge in [0, 0.05) is 0 Å². The van der Waals surface area contributed by atoms with E-state index in [0.717, 1.165) is 27.1 Å². The molecule has 0 saturated heterocycles. The summed E-state index contributed by atoms with van der Waals surface area (Å²) in [6, 6.07) is 9.85. The summed E-state index contributed by atoms with van der Waals surface area (Å²) < 4.78 is 5.86. The third kappa shape index (κ3) is 1.54. The molecule has 2 nitrogen and oxygen atoms in total. The molecule has 3 rings (SSSR count). The van der Waals surface area contributed by atoms with E-state index in [1.54, 1.807) is 23.1 Å². The van der Waals surface area contributed by atoms with E-state index in [4.69, 9.17) is 4.74 Å². The number of rotatable bonds is 0. The summed E-state index contributed by atoms with van der Waals surface area (Å²) in [4.78, 5) is 5.75. The van der Waals surface area contributed by atoms with Crippen LogP contribution >= 0.6 is 23.1 Å². The van der Waals surface area contributed by atoms with Crippen molar-refractivity contribution in [3.05, 3.63) is 40.6 Å². The third-order valence-electron chi connectivity index (χ3n) is 2.32. The molecule has 0 fully saturated rings. The zero-order chi connectivity index (χ0) is 11.0. The van der Waals surface area contributed by atoms with Gasteiger partial charge in [-0.25, -0.2) is 4.99 Å². The van der Waals surface area contributed by atoms with Crippen LogP contribution in [0.25, 0.3) is 0 Å². The standard InChI is InChI=1S/C12H9NOS2/c1-15-12-11-10(6-7-16-11)14-9-5-3-2-4-8(9)13-12/h2-7H,1H3. The molecule has 0 amide bonds. The molecule has 1 aromatic heterocycles. The monoisotopic (exact) mass is 247 g/mol. The lowest BCUT2D eigenvalue weighted by molar-refractivity contribution is 0.487. The van der Waals surface area contributed by atoms with Crippen LogP contribution in [0.3, 0.4) is 0 Å². The van der Waals surface area contributed by atoms with Crippen LogP contribution < -0.4 is 4.74 Å². The number of thioether (sulfide) groups is 1. The van der Waals surface area contributed by atoms with E-state index in [9.17, 15) is 0 Å². The Morgan fingerprint density at radius 3 is 2.94 bits per heavy atom. The Kier molecular flexibility index (Phi) is 2.46. The highest BCUT2D eigenvalue weighted by Crippen LogP contribution is 2.41. The predicted octanol–water partition coefficient (Wildman–Crippen LogP) is 4.30. The lowest BCUT2D eigenvalue weighted by Gasteiger charge is -2.03. The van der Waals surface area contributed by atoms with E-state index >= 15 is 0 Å². The van der Waals surface area contributed by atoms with Crippen LogP contribution in [-0.4, -0.2) is 11.3 Å². The molecular formula is C12H9NOS2. The molecule has 0 aliphatic carbocycles. The molecule has 0 N–H and O–H groups in total. The third-order valence-corrected chi connectivity index (χ3v) is 4.04. The highest BCUT2D eigenvalue weighted by atomic mass is 32.2. The van der Waals surface area contributed by atoms with Crippen LogP contribution in [-0.2, 0) is 0 Å². The van der Waals surface area contributed by atoms with Gasteiger partial charge < -0.3 is 4.74 Å². The van der Waals surface area contributed by atoms with Crippen LogP contribution in [0.1, 0.15) is 4.88 Å². The highest BCUT2D eigenvalue weighted by Gasteiger charge is 2.18. The number of benzene rings is 1. The van der Waals surface area contributed by atoms with Gasteiger partial charge >= 0.3 is 0 Å². The molecule has 80 valence electrons. The van der Waals surface area contributed by atoms with E-state index in [0.29, 0.717) is 0 Å². The molecule has 1 aliphatic rings. The first-order valence-corrected chi connectivity index (χ1v) is 6.96. The quantitative estimate of drug-likeness (QED) is 0.692. The van der Waals surface area contributed by atoms with E-state index in [-0.39, 0.29) is 0 Å². The largest absolute Gasteiger partial charge is 0.453 e. The van der Waals surface area contributed by atoms with E-state index < -0.39 is 0 Å². The molecule has 2 aromatic rings. The van der Waals surface area contributed by atoms with Gasteiger partial charge in [0.1, 0.15) is 21.4 Å². The summed E-state index contributed by atoms with van der Waals surface area (Å²) in [6.07, 6.45) is 2.04. The van der Waals surface area contributed by atoms with Crippen LogP contribution in [0.15, 0.2) is 40.7 Å². The van der Waals surface area contributed by atoms with Crippen LogP contribution in [0.5, 0.6) is 11.5 Å². The maximum atomic E-state index is 5.86. The maximum absolute atomic E-state index is 5.86. The molecule has 0 saturated carbocycles. The van der Waals surface area contributed by atoms with Gasteiger partial charge in [0.15, 0.2) is 5.75 Å².